The van der Waals surface area contributed by atoms with Crippen LogP contribution in [0.3, 0.4) is 0 Å². The molecule has 1 N–H and O–H groups in total. The van der Waals surface area contributed by atoms with Crippen LogP contribution in [0.5, 0.6) is 0 Å². The van der Waals surface area contributed by atoms with Crippen molar-refractivity contribution in [3.63, 3.8) is 0 Å². The Kier molecular flexibility index (Phi) is 4.79. The Balaban J connectivity index is 3.28. The molecule has 0 aliphatic heterocycles. The van der Waals surface area contributed by atoms with Crippen LogP contribution in [0.15, 0.2) is 18.2 Å². The molecule has 108 valence electrons. The third-order valence-corrected chi connectivity index (χ3v) is 2.84. The fraction of sp³-hybridized carbons (Fsp3) is 0.385. The van der Waals surface area contributed by atoms with E-state index in [0.717, 1.165) is 4.90 Å². The van der Waals surface area contributed by atoms with Crippen LogP contribution in [-0.4, -0.2) is 39.4 Å². The third kappa shape index (κ3) is 3.31. The van der Waals surface area contributed by atoms with Gasteiger partial charge < -0.3 is 10.0 Å². The number of carbonyl (C=O) groups excluding carboxylic acids is 1. The zero-order valence-electron chi connectivity index (χ0n) is 11.5. The summed E-state index contributed by atoms with van der Waals surface area (Å²) >= 11 is 0. The number of amides is 1. The highest BCUT2D eigenvalue weighted by Crippen LogP contribution is 2.24. The van der Waals surface area contributed by atoms with E-state index in [4.69, 9.17) is 5.11 Å². The quantitative estimate of drug-likeness (QED) is 0.655. The number of hydrogen-bond donors (Lipinski definition) is 1. The van der Waals surface area contributed by atoms with Gasteiger partial charge in [-0.2, -0.15) is 0 Å². The molecule has 1 rings (SSSR count). The zero-order chi connectivity index (χ0) is 15.4. The molecule has 0 saturated heterocycles. The number of rotatable bonds is 5. The Bertz CT molecular complexity index is 554. The van der Waals surface area contributed by atoms with Crippen molar-refractivity contribution in [1.82, 2.24) is 4.90 Å². The number of carbonyl (C=O) groups is 2. The summed E-state index contributed by atoms with van der Waals surface area (Å²) in [5, 5.41) is 19.9. The normalized spacial score (nSPS) is 10.4. The average molecular weight is 280 g/mol. The van der Waals surface area contributed by atoms with E-state index >= 15 is 0 Å². The van der Waals surface area contributed by atoms with Crippen LogP contribution in [0.2, 0.25) is 0 Å². The average Bonchev–Trinajstić information content (AvgIpc) is 2.33. The number of carboxylic acid groups (broad SMARTS) is 1. The van der Waals surface area contributed by atoms with Crippen LogP contribution in [0, 0.1) is 17.0 Å². The largest absolute Gasteiger partial charge is 0.480 e. The van der Waals surface area contributed by atoms with Gasteiger partial charge in [-0.25, -0.2) is 0 Å². The molecule has 1 aromatic carbocycles. The van der Waals surface area contributed by atoms with Crippen molar-refractivity contribution in [2.45, 2.75) is 26.8 Å². The van der Waals surface area contributed by atoms with Gasteiger partial charge in [0.15, 0.2) is 0 Å². The van der Waals surface area contributed by atoms with Crippen molar-refractivity contribution in [2.24, 2.45) is 0 Å². The third-order valence-electron chi connectivity index (χ3n) is 2.84. The number of nitro groups is 1. The van der Waals surface area contributed by atoms with Crippen LogP contribution in [0.4, 0.5) is 5.69 Å². The summed E-state index contributed by atoms with van der Waals surface area (Å²) in [4.78, 5) is 34.7. The van der Waals surface area contributed by atoms with Gasteiger partial charge in [0, 0.05) is 11.6 Å². The van der Waals surface area contributed by atoms with E-state index in [-0.39, 0.29) is 17.3 Å². The van der Waals surface area contributed by atoms with Crippen molar-refractivity contribution in [3.05, 3.63) is 39.4 Å². The van der Waals surface area contributed by atoms with E-state index in [0.29, 0.717) is 5.56 Å². The summed E-state index contributed by atoms with van der Waals surface area (Å²) < 4.78 is 0. The molecule has 0 unspecified atom stereocenters. The maximum absolute atomic E-state index is 12.4. The summed E-state index contributed by atoms with van der Waals surface area (Å²) in [5.74, 6) is -1.82. The maximum Gasteiger partial charge on any atom is 0.323 e. The fourth-order valence-electron chi connectivity index (χ4n) is 1.86. The van der Waals surface area contributed by atoms with Gasteiger partial charge in [-0.3, -0.25) is 19.7 Å². The Labute approximate surface area is 116 Å². The Morgan fingerprint density at radius 1 is 1.40 bits per heavy atom. The number of hydrogen-bond acceptors (Lipinski definition) is 4. The highest BCUT2D eigenvalue weighted by Gasteiger charge is 2.28. The first-order valence-electron chi connectivity index (χ1n) is 6.02. The number of nitro benzene ring substituents is 1. The van der Waals surface area contributed by atoms with Crippen molar-refractivity contribution in [1.29, 1.82) is 0 Å². The molecule has 0 fully saturated rings. The van der Waals surface area contributed by atoms with E-state index in [2.05, 4.69) is 0 Å². The highest BCUT2D eigenvalue weighted by molar-refractivity contribution is 6.00. The molecule has 20 heavy (non-hydrogen) atoms. The van der Waals surface area contributed by atoms with Crippen molar-refractivity contribution >= 4 is 17.6 Å². The second kappa shape index (κ2) is 6.14. The van der Waals surface area contributed by atoms with Crippen LogP contribution < -0.4 is 0 Å². The predicted molar refractivity (Wildman–Crippen MR) is 71.6 cm³/mol. The summed E-state index contributed by atoms with van der Waals surface area (Å²) in [5.41, 5.74) is -0.0154. The van der Waals surface area contributed by atoms with Gasteiger partial charge in [-0.05, 0) is 26.8 Å². The number of benzene rings is 1. The predicted octanol–water partition coefficient (Wildman–Crippen LogP) is 1.84. The fourth-order valence-corrected chi connectivity index (χ4v) is 1.86. The van der Waals surface area contributed by atoms with Gasteiger partial charge in [-0.1, -0.05) is 12.1 Å². The van der Waals surface area contributed by atoms with Crippen LogP contribution in [-0.2, 0) is 4.79 Å². The van der Waals surface area contributed by atoms with Gasteiger partial charge in [0.05, 0.1) is 4.92 Å². The number of carboxylic acids is 1. The summed E-state index contributed by atoms with van der Waals surface area (Å²) in [6, 6.07) is 4.03. The van der Waals surface area contributed by atoms with E-state index < -0.39 is 23.3 Å². The molecule has 0 aliphatic carbocycles. The van der Waals surface area contributed by atoms with Crippen molar-refractivity contribution in [2.75, 3.05) is 6.54 Å². The lowest BCUT2D eigenvalue weighted by molar-refractivity contribution is -0.385. The molecule has 7 heteroatoms. The Hall–Kier alpha value is -2.44. The molecule has 0 radical (unpaired) electrons. The minimum atomic E-state index is -1.16. The van der Waals surface area contributed by atoms with Gasteiger partial charge in [-0.15, -0.1) is 0 Å². The number of nitrogens with zero attached hydrogens (tertiary/aromatic N) is 2. The van der Waals surface area contributed by atoms with Crippen LogP contribution in [0.1, 0.15) is 29.8 Å². The molecule has 0 atom stereocenters. The van der Waals surface area contributed by atoms with Gasteiger partial charge in [0.2, 0.25) is 0 Å². The molecular formula is C13H16N2O5. The summed E-state index contributed by atoms with van der Waals surface area (Å²) in [6.45, 7) is 4.35. The van der Waals surface area contributed by atoms with Crippen LogP contribution in [0.25, 0.3) is 0 Å². The lowest BCUT2D eigenvalue weighted by Crippen LogP contribution is -2.40. The molecule has 0 aromatic heterocycles. The standard InChI is InChI=1S/C13H16N2O5/c1-8(2)14(7-11(16)17)13(18)10-6-4-5-9(3)12(10)15(19)20/h4-6,8H,7H2,1-3H3,(H,16,17). The second-order valence-corrected chi connectivity index (χ2v) is 4.65. The summed E-state index contributed by atoms with van der Waals surface area (Å²) in [7, 11) is 0. The van der Waals surface area contributed by atoms with Crippen LogP contribution >= 0.6 is 0 Å². The van der Waals surface area contributed by atoms with Crippen molar-refractivity contribution < 1.29 is 19.6 Å². The van der Waals surface area contributed by atoms with Gasteiger partial charge >= 0.3 is 5.97 Å². The Morgan fingerprint density at radius 2 is 2.00 bits per heavy atom. The second-order valence-electron chi connectivity index (χ2n) is 4.65. The lowest BCUT2D eigenvalue weighted by atomic mass is 10.1. The highest BCUT2D eigenvalue weighted by atomic mass is 16.6. The monoisotopic (exact) mass is 280 g/mol. The number of aryl methyl sites for hydroxylation is 1. The topological polar surface area (TPSA) is 101 Å². The zero-order valence-corrected chi connectivity index (χ0v) is 11.5. The smallest absolute Gasteiger partial charge is 0.323 e. The van der Waals surface area contributed by atoms with E-state index in [1.54, 1.807) is 13.8 Å². The molecule has 7 nitrogen and oxygen atoms in total. The van der Waals surface area contributed by atoms with Gasteiger partial charge in [0.25, 0.3) is 11.6 Å². The number of aliphatic carboxylic acids is 1. The van der Waals surface area contributed by atoms with Crippen molar-refractivity contribution in [3.8, 4) is 0 Å². The first-order chi connectivity index (χ1) is 9.25. The molecule has 0 aliphatic rings. The molecule has 0 spiro atoms. The molecule has 0 bridgehead atoms. The number of para-hydroxylation sites is 1. The van der Waals surface area contributed by atoms with E-state index in [1.165, 1.54) is 25.1 Å². The SMILES string of the molecule is Cc1cccc(C(=O)N(CC(=O)O)C(C)C)c1[N+](=O)[O-]. The minimum Gasteiger partial charge on any atom is -0.480 e. The first kappa shape index (κ1) is 15.6. The molecule has 1 amide bonds. The van der Waals surface area contributed by atoms with E-state index in [1.807, 2.05) is 0 Å². The molecular weight excluding hydrogens is 264 g/mol. The lowest BCUT2D eigenvalue weighted by Gasteiger charge is -2.24. The maximum atomic E-state index is 12.4. The minimum absolute atomic E-state index is 0.0926. The molecule has 0 saturated carbocycles. The molecule has 0 heterocycles. The summed E-state index contributed by atoms with van der Waals surface area (Å²) in [6.07, 6.45) is 0. The van der Waals surface area contributed by atoms with E-state index in [9.17, 15) is 19.7 Å². The van der Waals surface area contributed by atoms with Gasteiger partial charge in [0.1, 0.15) is 12.1 Å². The Morgan fingerprint density at radius 3 is 2.45 bits per heavy atom. The first-order valence-corrected chi connectivity index (χ1v) is 6.02. The molecule has 1 aromatic rings.